The van der Waals surface area contributed by atoms with Crippen molar-refractivity contribution in [3.8, 4) is 6.07 Å². The summed E-state index contributed by atoms with van der Waals surface area (Å²) in [6.45, 7) is 3.55. The molecule has 2 rings (SSSR count). The molecule has 0 saturated heterocycles. The van der Waals surface area contributed by atoms with Crippen LogP contribution < -0.4 is 5.32 Å². The molecule has 1 unspecified atom stereocenters. The molecule has 106 valence electrons. The third kappa shape index (κ3) is 2.54. The van der Waals surface area contributed by atoms with E-state index in [9.17, 15) is 20.0 Å². The molecule has 1 aliphatic rings. The lowest BCUT2D eigenvalue weighted by molar-refractivity contribution is -0.139. The van der Waals surface area contributed by atoms with Crippen LogP contribution in [0.3, 0.4) is 0 Å². The summed E-state index contributed by atoms with van der Waals surface area (Å²) >= 11 is 1.34. The van der Waals surface area contributed by atoms with E-state index in [4.69, 9.17) is 0 Å². The summed E-state index contributed by atoms with van der Waals surface area (Å²) in [5.74, 6) is -1.88. The lowest BCUT2D eigenvalue weighted by atomic mass is 9.85. The number of thiophene rings is 1. The highest BCUT2D eigenvalue weighted by Gasteiger charge is 2.33. The molecule has 5 nitrogen and oxygen atoms in total. The monoisotopic (exact) mass is 292 g/mol. The predicted molar refractivity (Wildman–Crippen MR) is 75.8 cm³/mol. The van der Waals surface area contributed by atoms with Crippen LogP contribution in [0.25, 0.3) is 0 Å². The molecule has 1 heterocycles. The van der Waals surface area contributed by atoms with Gasteiger partial charge in [0.2, 0.25) is 5.91 Å². The Labute approximate surface area is 121 Å². The van der Waals surface area contributed by atoms with E-state index in [2.05, 4.69) is 11.4 Å². The lowest BCUT2D eigenvalue weighted by Gasteiger charge is -2.18. The number of aliphatic carboxylic acids is 1. The summed E-state index contributed by atoms with van der Waals surface area (Å²) in [6.07, 6.45) is 2.12. The van der Waals surface area contributed by atoms with Crippen LogP contribution in [0.15, 0.2) is 0 Å². The number of carbonyl (C=O) groups excluding carboxylic acids is 1. The molecule has 20 heavy (non-hydrogen) atoms. The molecular weight excluding hydrogens is 276 g/mol. The van der Waals surface area contributed by atoms with Crippen LogP contribution in [-0.2, 0) is 16.0 Å². The third-order valence-corrected chi connectivity index (χ3v) is 4.62. The van der Waals surface area contributed by atoms with Crippen molar-refractivity contribution >= 4 is 28.2 Å². The van der Waals surface area contributed by atoms with Crippen molar-refractivity contribution in [3.05, 3.63) is 16.0 Å². The minimum absolute atomic E-state index is 0.160. The topological polar surface area (TPSA) is 90.2 Å². The van der Waals surface area contributed by atoms with Crippen LogP contribution in [-0.4, -0.2) is 17.0 Å². The van der Waals surface area contributed by atoms with E-state index in [0.29, 0.717) is 22.5 Å². The number of nitrogens with zero attached hydrogens (tertiary/aromatic N) is 1. The number of anilines is 1. The highest BCUT2D eigenvalue weighted by Crippen LogP contribution is 2.43. The molecule has 6 heteroatoms. The van der Waals surface area contributed by atoms with Crippen LogP contribution in [0.2, 0.25) is 0 Å². The van der Waals surface area contributed by atoms with Crippen molar-refractivity contribution in [2.75, 3.05) is 5.32 Å². The van der Waals surface area contributed by atoms with Gasteiger partial charge in [-0.1, -0.05) is 13.8 Å². The first-order chi connectivity index (χ1) is 9.45. The number of nitrogens with one attached hydrogen (secondary N) is 1. The Morgan fingerprint density at radius 3 is 2.75 bits per heavy atom. The van der Waals surface area contributed by atoms with Gasteiger partial charge in [0.1, 0.15) is 11.1 Å². The Morgan fingerprint density at radius 2 is 2.20 bits per heavy atom. The first-order valence-corrected chi connectivity index (χ1v) is 7.36. The zero-order valence-electron chi connectivity index (χ0n) is 11.4. The van der Waals surface area contributed by atoms with Gasteiger partial charge in [-0.2, -0.15) is 5.26 Å². The largest absolute Gasteiger partial charge is 0.481 e. The van der Waals surface area contributed by atoms with Crippen LogP contribution in [0.5, 0.6) is 0 Å². The predicted octanol–water partition coefficient (Wildman–Crippen LogP) is 2.72. The number of amides is 1. The number of rotatable bonds is 3. The molecule has 0 spiro atoms. The SMILES string of the molecule is CC(C)C(=O)Nc1sc2c(c1C#N)C(C(=O)O)CCC2. The summed E-state index contributed by atoms with van der Waals surface area (Å²) in [4.78, 5) is 24.0. The van der Waals surface area contributed by atoms with E-state index in [1.54, 1.807) is 13.8 Å². The molecule has 1 aliphatic carbocycles. The highest BCUT2D eigenvalue weighted by atomic mass is 32.1. The molecule has 0 fully saturated rings. The van der Waals surface area contributed by atoms with Gasteiger partial charge in [0.05, 0.1) is 11.5 Å². The summed E-state index contributed by atoms with van der Waals surface area (Å²) < 4.78 is 0. The Balaban J connectivity index is 2.45. The van der Waals surface area contributed by atoms with Gasteiger partial charge in [-0.3, -0.25) is 9.59 Å². The molecule has 0 aromatic carbocycles. The second-order valence-corrected chi connectivity index (χ2v) is 6.29. The number of fused-ring (bicyclic) bond motifs is 1. The van der Waals surface area contributed by atoms with Crippen molar-refractivity contribution < 1.29 is 14.7 Å². The van der Waals surface area contributed by atoms with Crippen molar-refractivity contribution in [1.29, 1.82) is 5.26 Å². The van der Waals surface area contributed by atoms with Gasteiger partial charge in [-0.25, -0.2) is 0 Å². The molecule has 0 saturated carbocycles. The van der Waals surface area contributed by atoms with E-state index in [-0.39, 0.29) is 11.8 Å². The van der Waals surface area contributed by atoms with Crippen LogP contribution >= 0.6 is 11.3 Å². The van der Waals surface area contributed by atoms with Crippen molar-refractivity contribution in [2.24, 2.45) is 5.92 Å². The standard InChI is InChI=1S/C14H16N2O3S/c1-7(2)12(17)16-13-9(6-15)11-8(14(18)19)4-3-5-10(11)20-13/h7-8H,3-5H2,1-2H3,(H,16,17)(H,18,19). The van der Waals surface area contributed by atoms with E-state index < -0.39 is 11.9 Å². The second kappa shape index (κ2) is 5.63. The second-order valence-electron chi connectivity index (χ2n) is 5.18. The number of hydrogen-bond donors (Lipinski definition) is 2. The van der Waals surface area contributed by atoms with Gasteiger partial charge < -0.3 is 10.4 Å². The number of carboxylic acids is 1. The average molecular weight is 292 g/mol. The number of nitriles is 1. The van der Waals surface area contributed by atoms with E-state index in [1.807, 2.05) is 0 Å². The Morgan fingerprint density at radius 1 is 1.50 bits per heavy atom. The normalized spacial score (nSPS) is 17.4. The highest BCUT2D eigenvalue weighted by molar-refractivity contribution is 7.16. The van der Waals surface area contributed by atoms with Crippen LogP contribution in [0, 0.1) is 17.2 Å². The molecule has 0 radical (unpaired) electrons. The van der Waals surface area contributed by atoms with E-state index in [0.717, 1.165) is 17.7 Å². The van der Waals surface area contributed by atoms with Crippen molar-refractivity contribution in [3.63, 3.8) is 0 Å². The van der Waals surface area contributed by atoms with Crippen LogP contribution in [0.4, 0.5) is 5.00 Å². The van der Waals surface area contributed by atoms with Crippen molar-refractivity contribution in [2.45, 2.75) is 39.0 Å². The Hall–Kier alpha value is -1.87. The third-order valence-electron chi connectivity index (χ3n) is 3.44. The lowest BCUT2D eigenvalue weighted by Crippen LogP contribution is -2.19. The molecular formula is C14H16N2O3S. The van der Waals surface area contributed by atoms with Gasteiger partial charge in [0, 0.05) is 16.4 Å². The quantitative estimate of drug-likeness (QED) is 0.896. The zero-order valence-corrected chi connectivity index (χ0v) is 12.2. The summed E-state index contributed by atoms with van der Waals surface area (Å²) in [5.41, 5.74) is 0.932. The van der Waals surface area contributed by atoms with Gasteiger partial charge in [-0.05, 0) is 19.3 Å². The van der Waals surface area contributed by atoms with Crippen molar-refractivity contribution in [1.82, 2.24) is 0 Å². The van der Waals surface area contributed by atoms with Crippen LogP contribution in [0.1, 0.15) is 48.6 Å². The molecule has 1 aromatic rings. The first kappa shape index (κ1) is 14.5. The fraction of sp³-hybridized carbons (Fsp3) is 0.500. The number of carbonyl (C=O) groups is 2. The van der Waals surface area contributed by atoms with E-state index in [1.165, 1.54) is 11.3 Å². The molecule has 2 N–H and O–H groups in total. The zero-order chi connectivity index (χ0) is 14.9. The summed E-state index contributed by atoms with van der Waals surface area (Å²) in [5, 5.41) is 21.9. The Kier molecular flexibility index (Phi) is 4.09. The molecule has 0 bridgehead atoms. The Bertz CT molecular complexity index is 598. The minimum Gasteiger partial charge on any atom is -0.481 e. The molecule has 1 atom stereocenters. The smallest absolute Gasteiger partial charge is 0.311 e. The summed E-state index contributed by atoms with van der Waals surface area (Å²) in [6, 6.07) is 2.07. The number of aryl methyl sites for hydroxylation is 1. The number of carboxylic acid groups (broad SMARTS) is 1. The average Bonchev–Trinajstić information content (AvgIpc) is 2.74. The first-order valence-electron chi connectivity index (χ1n) is 6.55. The molecule has 0 aliphatic heterocycles. The minimum atomic E-state index is -0.901. The maximum absolute atomic E-state index is 11.8. The van der Waals surface area contributed by atoms with Gasteiger partial charge >= 0.3 is 5.97 Å². The summed E-state index contributed by atoms with van der Waals surface area (Å²) in [7, 11) is 0. The maximum Gasteiger partial charge on any atom is 0.311 e. The maximum atomic E-state index is 11.8. The fourth-order valence-corrected chi connectivity index (χ4v) is 3.61. The molecule has 1 amide bonds. The van der Waals surface area contributed by atoms with Gasteiger partial charge in [0.15, 0.2) is 0 Å². The van der Waals surface area contributed by atoms with Gasteiger partial charge in [0.25, 0.3) is 0 Å². The number of hydrogen-bond acceptors (Lipinski definition) is 4. The molecule has 1 aromatic heterocycles. The van der Waals surface area contributed by atoms with E-state index >= 15 is 0 Å². The van der Waals surface area contributed by atoms with Gasteiger partial charge in [-0.15, -0.1) is 11.3 Å². The fourth-order valence-electron chi connectivity index (χ4n) is 2.36.